The van der Waals surface area contributed by atoms with Gasteiger partial charge in [-0.1, -0.05) is 25.4 Å². The number of hydrogen-bond acceptors (Lipinski definition) is 2. The number of rotatable bonds is 4. The maximum atomic E-state index is 13.4. The highest BCUT2D eigenvalue weighted by atomic mass is 35.5. The summed E-state index contributed by atoms with van der Waals surface area (Å²) in [6.07, 6.45) is 1.40. The zero-order valence-electron chi connectivity index (χ0n) is 8.60. The maximum absolute atomic E-state index is 13.4. The smallest absolute Gasteiger partial charge is 0.166 e. The molecule has 0 aliphatic heterocycles. The van der Waals surface area contributed by atoms with Gasteiger partial charge in [0.2, 0.25) is 0 Å². The molecule has 0 amide bonds. The van der Waals surface area contributed by atoms with E-state index in [1.807, 2.05) is 13.8 Å². The lowest BCUT2D eigenvalue weighted by Crippen LogP contribution is -2.28. The molecular weight excluding hydrogens is 238 g/mol. The molecule has 0 saturated carbocycles. The Morgan fingerprint density at radius 1 is 1.53 bits per heavy atom. The van der Waals surface area contributed by atoms with Gasteiger partial charge in [-0.3, -0.25) is 0 Å². The molecule has 2 nitrogen and oxygen atoms in total. The van der Waals surface area contributed by atoms with Crippen LogP contribution in [0.5, 0.6) is 0 Å². The third kappa shape index (κ3) is 3.50. The van der Waals surface area contributed by atoms with Crippen molar-refractivity contribution in [1.82, 2.24) is 4.98 Å². The number of halogens is 3. The summed E-state index contributed by atoms with van der Waals surface area (Å²) in [7, 11) is 0. The molecule has 5 heteroatoms. The minimum absolute atomic E-state index is 0.00478. The summed E-state index contributed by atoms with van der Waals surface area (Å²) in [6.45, 7) is 4.02. The highest BCUT2D eigenvalue weighted by Crippen LogP contribution is 2.18. The van der Waals surface area contributed by atoms with Crippen molar-refractivity contribution >= 4 is 29.0 Å². The second-order valence-electron chi connectivity index (χ2n) is 3.63. The van der Waals surface area contributed by atoms with Crippen molar-refractivity contribution in [2.45, 2.75) is 19.9 Å². The monoisotopic (exact) mass is 250 g/mol. The highest BCUT2D eigenvalue weighted by molar-refractivity contribution is 6.30. The van der Waals surface area contributed by atoms with Crippen molar-refractivity contribution in [3.05, 3.63) is 23.1 Å². The van der Waals surface area contributed by atoms with E-state index in [1.54, 1.807) is 0 Å². The van der Waals surface area contributed by atoms with Crippen LogP contribution in [0, 0.1) is 11.7 Å². The highest BCUT2D eigenvalue weighted by Gasteiger charge is 2.14. The third-order valence-corrected chi connectivity index (χ3v) is 2.64. The number of nitrogens with one attached hydrogen (secondary N) is 1. The standard InChI is InChI=1S/C10H13Cl2FN2/c1-6(2)9(4-11)15-10-8(13)3-7(12)5-14-10/h3,5-6,9H,4H2,1-2H3,(H,14,15). The van der Waals surface area contributed by atoms with Gasteiger partial charge in [-0.15, -0.1) is 11.6 Å². The van der Waals surface area contributed by atoms with Crippen LogP contribution in [0.2, 0.25) is 5.02 Å². The summed E-state index contributed by atoms with van der Waals surface area (Å²) in [5, 5.41) is 3.23. The van der Waals surface area contributed by atoms with Crippen molar-refractivity contribution in [2.24, 2.45) is 5.92 Å². The predicted molar refractivity (Wildman–Crippen MR) is 62.2 cm³/mol. The predicted octanol–water partition coefficient (Wildman–Crippen LogP) is 3.55. The Morgan fingerprint density at radius 3 is 2.67 bits per heavy atom. The number of nitrogens with zero attached hydrogens (tertiary/aromatic N) is 1. The first-order chi connectivity index (χ1) is 7.04. The van der Waals surface area contributed by atoms with Crippen molar-refractivity contribution in [3.8, 4) is 0 Å². The Kier molecular flexibility index (Phi) is 4.61. The molecule has 1 aromatic rings. The van der Waals surface area contributed by atoms with Crippen LogP contribution >= 0.6 is 23.2 Å². The summed E-state index contributed by atoms with van der Waals surface area (Å²) in [5.74, 6) is 0.443. The topological polar surface area (TPSA) is 24.9 Å². The van der Waals surface area contributed by atoms with Crippen molar-refractivity contribution in [3.63, 3.8) is 0 Å². The summed E-state index contributed by atoms with van der Waals surface area (Å²) >= 11 is 11.4. The zero-order valence-corrected chi connectivity index (χ0v) is 10.1. The van der Waals surface area contributed by atoms with Gasteiger partial charge in [0.15, 0.2) is 11.6 Å². The quantitative estimate of drug-likeness (QED) is 0.828. The number of alkyl halides is 1. The normalized spacial score (nSPS) is 12.9. The van der Waals surface area contributed by atoms with Gasteiger partial charge in [0.25, 0.3) is 0 Å². The van der Waals surface area contributed by atoms with Crippen molar-refractivity contribution in [1.29, 1.82) is 0 Å². The Morgan fingerprint density at radius 2 is 2.20 bits per heavy atom. The Labute approximate surface area is 98.8 Å². The largest absolute Gasteiger partial charge is 0.363 e. The van der Waals surface area contributed by atoms with E-state index in [1.165, 1.54) is 12.3 Å². The van der Waals surface area contributed by atoms with Gasteiger partial charge in [-0.2, -0.15) is 0 Å². The third-order valence-electron chi connectivity index (χ3n) is 2.10. The SMILES string of the molecule is CC(C)C(CCl)Nc1ncc(Cl)cc1F. The van der Waals surface area contributed by atoms with E-state index >= 15 is 0 Å². The number of hydrogen-bond donors (Lipinski definition) is 1. The van der Waals surface area contributed by atoms with Crippen LogP contribution in [0.3, 0.4) is 0 Å². The molecule has 0 radical (unpaired) electrons. The van der Waals surface area contributed by atoms with Gasteiger partial charge >= 0.3 is 0 Å². The minimum Gasteiger partial charge on any atom is -0.363 e. The fourth-order valence-electron chi connectivity index (χ4n) is 1.08. The lowest BCUT2D eigenvalue weighted by atomic mass is 10.1. The zero-order chi connectivity index (χ0) is 11.4. The summed E-state index contributed by atoms with van der Waals surface area (Å²) in [5.41, 5.74) is 0. The van der Waals surface area contributed by atoms with Crippen molar-refractivity contribution in [2.75, 3.05) is 11.2 Å². The van der Waals surface area contributed by atoms with Gasteiger partial charge in [0.05, 0.1) is 5.02 Å². The summed E-state index contributed by atoms with van der Waals surface area (Å²) < 4.78 is 13.4. The lowest BCUT2D eigenvalue weighted by Gasteiger charge is -2.20. The van der Waals surface area contributed by atoms with E-state index in [0.717, 1.165) is 0 Å². The van der Waals surface area contributed by atoms with Crippen LogP contribution in [-0.4, -0.2) is 16.9 Å². The molecule has 0 aromatic carbocycles. The fourth-order valence-corrected chi connectivity index (χ4v) is 1.66. The van der Waals surface area contributed by atoms with Crippen LogP contribution < -0.4 is 5.32 Å². The minimum atomic E-state index is -0.460. The Bertz CT molecular complexity index is 331. The molecule has 1 unspecified atom stereocenters. The van der Waals surface area contributed by atoms with Crippen LogP contribution in [-0.2, 0) is 0 Å². The Hall–Kier alpha value is -0.540. The molecule has 1 N–H and O–H groups in total. The first-order valence-corrected chi connectivity index (χ1v) is 5.59. The molecule has 84 valence electrons. The number of pyridine rings is 1. The van der Waals surface area contributed by atoms with E-state index in [2.05, 4.69) is 10.3 Å². The molecule has 1 rings (SSSR count). The molecule has 0 aliphatic rings. The molecular formula is C10H13Cl2FN2. The van der Waals surface area contributed by atoms with Gasteiger partial charge in [0.1, 0.15) is 0 Å². The first kappa shape index (κ1) is 12.5. The van der Waals surface area contributed by atoms with Gasteiger partial charge < -0.3 is 5.32 Å². The first-order valence-electron chi connectivity index (χ1n) is 4.68. The van der Waals surface area contributed by atoms with Gasteiger partial charge in [-0.05, 0) is 12.0 Å². The van der Waals surface area contributed by atoms with Crippen LogP contribution in [0.1, 0.15) is 13.8 Å². The van der Waals surface area contributed by atoms with Crippen LogP contribution in [0.4, 0.5) is 10.2 Å². The summed E-state index contributed by atoms with van der Waals surface area (Å²) in [4.78, 5) is 3.87. The average Bonchev–Trinajstić information content (AvgIpc) is 2.16. The van der Waals surface area contributed by atoms with E-state index in [0.29, 0.717) is 11.8 Å². The van der Waals surface area contributed by atoms with Gasteiger partial charge in [-0.25, -0.2) is 9.37 Å². The molecule has 1 heterocycles. The molecule has 0 aliphatic carbocycles. The second-order valence-corrected chi connectivity index (χ2v) is 4.38. The lowest BCUT2D eigenvalue weighted by molar-refractivity contribution is 0.553. The van der Waals surface area contributed by atoms with Gasteiger partial charge in [0, 0.05) is 18.1 Å². The molecule has 1 aromatic heterocycles. The molecule has 0 spiro atoms. The molecule has 0 fully saturated rings. The van der Waals surface area contributed by atoms with Crippen molar-refractivity contribution < 1.29 is 4.39 Å². The fraction of sp³-hybridized carbons (Fsp3) is 0.500. The number of anilines is 1. The van der Waals surface area contributed by atoms with E-state index < -0.39 is 5.82 Å². The summed E-state index contributed by atoms with van der Waals surface area (Å²) in [6, 6.07) is 1.22. The molecule has 0 bridgehead atoms. The van der Waals surface area contributed by atoms with Crippen LogP contribution in [0.25, 0.3) is 0 Å². The average molecular weight is 251 g/mol. The van der Waals surface area contributed by atoms with E-state index in [4.69, 9.17) is 23.2 Å². The molecule has 1 atom stereocenters. The molecule has 15 heavy (non-hydrogen) atoms. The van der Waals surface area contributed by atoms with E-state index in [-0.39, 0.29) is 16.9 Å². The Balaban J connectivity index is 2.79. The maximum Gasteiger partial charge on any atom is 0.166 e. The second kappa shape index (κ2) is 5.52. The number of aromatic nitrogens is 1. The molecule has 0 saturated heterocycles. The van der Waals surface area contributed by atoms with Crippen LogP contribution in [0.15, 0.2) is 12.3 Å². The van der Waals surface area contributed by atoms with E-state index in [9.17, 15) is 4.39 Å².